The molecule has 3 amide bonds. The van der Waals surface area contributed by atoms with E-state index in [9.17, 15) is 9.59 Å². The molecule has 4 heterocycles. The highest BCUT2D eigenvalue weighted by Gasteiger charge is 2.33. The molecule has 2 N–H and O–H groups in total. The first-order chi connectivity index (χ1) is 16.6. The molecule has 7 nitrogen and oxygen atoms in total. The summed E-state index contributed by atoms with van der Waals surface area (Å²) in [5, 5.41) is 6.90. The highest BCUT2D eigenvalue weighted by atomic mass is 32.1. The molecule has 8 heteroatoms. The van der Waals surface area contributed by atoms with Gasteiger partial charge in [0.05, 0.1) is 22.4 Å². The molecule has 170 valence electrons. The zero-order chi connectivity index (χ0) is 23.2. The quantitative estimate of drug-likeness (QED) is 0.437. The molecule has 2 aromatic carbocycles. The van der Waals surface area contributed by atoms with Crippen molar-refractivity contribution in [1.29, 1.82) is 0 Å². The fourth-order valence-electron chi connectivity index (χ4n) is 4.76. The van der Waals surface area contributed by atoms with Gasteiger partial charge < -0.3 is 15.5 Å². The van der Waals surface area contributed by atoms with Gasteiger partial charge in [-0.3, -0.25) is 9.69 Å². The summed E-state index contributed by atoms with van der Waals surface area (Å²) in [5.74, 6) is -0.163. The van der Waals surface area contributed by atoms with E-state index in [4.69, 9.17) is 0 Å². The molecule has 1 atom stereocenters. The summed E-state index contributed by atoms with van der Waals surface area (Å²) < 4.78 is 0. The van der Waals surface area contributed by atoms with Crippen LogP contribution >= 0.6 is 11.3 Å². The van der Waals surface area contributed by atoms with Crippen LogP contribution in [0.4, 0.5) is 21.9 Å². The van der Waals surface area contributed by atoms with E-state index >= 15 is 0 Å². The Bertz CT molecular complexity index is 1420. The van der Waals surface area contributed by atoms with Crippen molar-refractivity contribution in [2.75, 3.05) is 30.4 Å². The van der Waals surface area contributed by atoms with Crippen LogP contribution in [0.2, 0.25) is 0 Å². The first kappa shape index (κ1) is 20.8. The summed E-state index contributed by atoms with van der Waals surface area (Å²) in [5.41, 5.74) is 4.13. The second kappa shape index (κ2) is 8.23. The van der Waals surface area contributed by atoms with Crippen LogP contribution in [0.5, 0.6) is 0 Å². The van der Waals surface area contributed by atoms with E-state index < -0.39 is 0 Å². The van der Waals surface area contributed by atoms with Crippen LogP contribution < -0.4 is 15.5 Å². The van der Waals surface area contributed by atoms with Crippen LogP contribution in [0.25, 0.3) is 21.3 Å². The van der Waals surface area contributed by atoms with Crippen molar-refractivity contribution in [3.63, 3.8) is 0 Å². The minimum atomic E-state index is -0.293. The fraction of sp³-hybridized carbons (Fsp3) is 0.192. The Hall–Kier alpha value is -3.75. The second-order valence-corrected chi connectivity index (χ2v) is 9.72. The van der Waals surface area contributed by atoms with Gasteiger partial charge in [0.25, 0.3) is 5.91 Å². The Morgan fingerprint density at radius 1 is 1.12 bits per heavy atom. The second-order valence-electron chi connectivity index (χ2n) is 8.72. The number of rotatable bonds is 4. The molecule has 1 saturated heterocycles. The van der Waals surface area contributed by atoms with Crippen LogP contribution in [0.3, 0.4) is 0 Å². The number of pyridine rings is 1. The lowest BCUT2D eigenvalue weighted by Crippen LogP contribution is -2.37. The van der Waals surface area contributed by atoms with E-state index in [0.29, 0.717) is 10.6 Å². The fourth-order valence-corrected chi connectivity index (χ4v) is 5.78. The molecule has 4 aromatic rings. The molecule has 0 radical (unpaired) electrons. The average Bonchev–Trinajstić information content (AvgIpc) is 3.44. The summed E-state index contributed by atoms with van der Waals surface area (Å²) in [6, 6.07) is 19.6. The molecule has 0 bridgehead atoms. The Kier molecular flexibility index (Phi) is 5.04. The van der Waals surface area contributed by atoms with Crippen molar-refractivity contribution in [3.8, 4) is 11.1 Å². The normalized spacial score (nSPS) is 17.7. The van der Waals surface area contributed by atoms with Crippen LogP contribution in [-0.2, 0) is 0 Å². The van der Waals surface area contributed by atoms with Crippen LogP contribution in [0, 0.1) is 0 Å². The Morgan fingerprint density at radius 2 is 1.94 bits per heavy atom. The van der Waals surface area contributed by atoms with Gasteiger partial charge in [-0.2, -0.15) is 0 Å². The zero-order valence-electron chi connectivity index (χ0n) is 18.6. The van der Waals surface area contributed by atoms with Crippen molar-refractivity contribution >= 4 is 50.6 Å². The summed E-state index contributed by atoms with van der Waals surface area (Å²) in [4.78, 5) is 36.1. The highest BCUT2D eigenvalue weighted by Crippen LogP contribution is 2.46. The molecule has 2 aliphatic heterocycles. The van der Waals surface area contributed by atoms with Gasteiger partial charge >= 0.3 is 6.03 Å². The number of hydrogen-bond acceptors (Lipinski definition) is 5. The molecule has 6 rings (SSSR count). The zero-order valence-corrected chi connectivity index (χ0v) is 19.4. The smallest absolute Gasteiger partial charge is 0.331 e. The van der Waals surface area contributed by atoms with E-state index in [-0.39, 0.29) is 18.0 Å². The van der Waals surface area contributed by atoms with Gasteiger partial charge in [-0.05, 0) is 49.3 Å². The lowest BCUT2D eigenvalue weighted by atomic mass is 10.0. The SMILES string of the molecule is CN1CC[C@@H](NC(=O)c2sc3nccc4c3c2NC(=O)N4c2cccc(-c3ccccc3)c2)C1. The number of thiophene rings is 1. The molecule has 0 unspecified atom stereocenters. The van der Waals surface area contributed by atoms with Gasteiger partial charge in [-0.1, -0.05) is 42.5 Å². The number of carbonyl (C=O) groups is 2. The minimum Gasteiger partial charge on any atom is -0.347 e. The molecule has 1 fully saturated rings. The maximum absolute atomic E-state index is 13.4. The summed E-state index contributed by atoms with van der Waals surface area (Å²) >= 11 is 1.32. The summed E-state index contributed by atoms with van der Waals surface area (Å²) in [6.45, 7) is 1.79. The number of aromatic nitrogens is 1. The van der Waals surface area contributed by atoms with Gasteiger partial charge in [-0.25, -0.2) is 9.78 Å². The van der Waals surface area contributed by atoms with Crippen LogP contribution in [-0.4, -0.2) is 48.0 Å². The van der Waals surface area contributed by atoms with Gasteiger partial charge in [0, 0.05) is 18.8 Å². The first-order valence-corrected chi connectivity index (χ1v) is 12.1. The van der Waals surface area contributed by atoms with Crippen molar-refractivity contribution in [1.82, 2.24) is 15.2 Å². The number of benzene rings is 2. The van der Waals surface area contributed by atoms with Crippen molar-refractivity contribution in [3.05, 3.63) is 71.7 Å². The van der Waals surface area contributed by atoms with Crippen LogP contribution in [0.1, 0.15) is 16.1 Å². The number of hydrogen-bond donors (Lipinski definition) is 2. The monoisotopic (exact) mass is 469 g/mol. The number of likely N-dealkylation sites (N-methyl/N-ethyl adjacent to an activating group) is 1. The number of amides is 3. The number of urea groups is 1. The molecule has 2 aliphatic rings. The van der Waals surface area contributed by atoms with E-state index in [1.54, 1.807) is 11.1 Å². The minimum absolute atomic E-state index is 0.110. The summed E-state index contributed by atoms with van der Waals surface area (Å²) in [6.07, 6.45) is 2.61. The molecular formula is C26H23N5O2S. The molecule has 2 aromatic heterocycles. The number of nitrogens with one attached hydrogen (secondary N) is 2. The van der Waals surface area contributed by atoms with E-state index in [0.717, 1.165) is 52.2 Å². The van der Waals surface area contributed by atoms with Crippen LogP contribution in [0.15, 0.2) is 66.9 Å². The van der Waals surface area contributed by atoms with Gasteiger partial charge in [-0.15, -0.1) is 11.3 Å². The topological polar surface area (TPSA) is 77.6 Å². The van der Waals surface area contributed by atoms with Crippen molar-refractivity contribution in [2.24, 2.45) is 0 Å². The average molecular weight is 470 g/mol. The third-order valence-electron chi connectivity index (χ3n) is 6.39. The van der Waals surface area contributed by atoms with E-state index in [1.807, 2.05) is 67.7 Å². The standard InChI is InChI=1S/C26H23N5O2S/c1-30-13-11-18(15-30)28-24(32)23-22-21-20(10-12-27-25(21)34-23)31(26(33)29-22)19-9-5-8-17(14-19)16-6-3-2-4-7-16/h2-10,12,14,18H,11,13,15H2,1H3,(H,28,32)(H,29,33)/t18-/m1/s1. The van der Waals surface area contributed by atoms with E-state index in [1.165, 1.54) is 11.3 Å². The van der Waals surface area contributed by atoms with Gasteiger partial charge in [0.2, 0.25) is 0 Å². The number of likely N-dealkylation sites (tertiary alicyclic amines) is 1. The number of anilines is 3. The van der Waals surface area contributed by atoms with Crippen molar-refractivity contribution < 1.29 is 9.59 Å². The Morgan fingerprint density at radius 3 is 2.74 bits per heavy atom. The van der Waals surface area contributed by atoms with Crippen molar-refractivity contribution in [2.45, 2.75) is 12.5 Å². The highest BCUT2D eigenvalue weighted by molar-refractivity contribution is 7.21. The van der Waals surface area contributed by atoms with Gasteiger partial charge in [0.15, 0.2) is 0 Å². The predicted octanol–water partition coefficient (Wildman–Crippen LogP) is 5.08. The maximum Gasteiger partial charge on any atom is 0.331 e. The lowest BCUT2D eigenvalue weighted by molar-refractivity contribution is 0.0943. The lowest BCUT2D eigenvalue weighted by Gasteiger charge is -2.28. The molecule has 0 spiro atoms. The molecular weight excluding hydrogens is 446 g/mol. The van der Waals surface area contributed by atoms with Gasteiger partial charge in [0.1, 0.15) is 9.71 Å². The molecule has 0 aliphatic carbocycles. The Labute approximate surface area is 201 Å². The third-order valence-corrected chi connectivity index (χ3v) is 7.49. The molecule has 34 heavy (non-hydrogen) atoms. The maximum atomic E-state index is 13.4. The summed E-state index contributed by atoms with van der Waals surface area (Å²) in [7, 11) is 2.05. The number of nitrogens with zero attached hydrogens (tertiary/aromatic N) is 3. The predicted molar refractivity (Wildman–Crippen MR) is 136 cm³/mol. The largest absolute Gasteiger partial charge is 0.347 e. The van der Waals surface area contributed by atoms with E-state index in [2.05, 4.69) is 20.5 Å². The molecule has 0 saturated carbocycles. The number of carbonyl (C=O) groups excluding carboxylic acids is 2. The first-order valence-electron chi connectivity index (χ1n) is 11.3. The Balaban J connectivity index is 1.40. The third kappa shape index (κ3) is 3.52.